The van der Waals surface area contributed by atoms with Crippen LogP contribution in [0, 0.1) is 5.92 Å². The highest BCUT2D eigenvalue weighted by molar-refractivity contribution is 8.16. The molecule has 2 N–H and O–H groups in total. The predicted molar refractivity (Wildman–Crippen MR) is 141 cm³/mol. The summed E-state index contributed by atoms with van der Waals surface area (Å²) in [6, 6.07) is 8.42. The van der Waals surface area contributed by atoms with E-state index in [2.05, 4.69) is 18.2 Å². The first-order valence-corrected chi connectivity index (χ1v) is 14.9. The van der Waals surface area contributed by atoms with Crippen LogP contribution >= 0.6 is 23.5 Å². The molecule has 0 saturated heterocycles. The van der Waals surface area contributed by atoms with E-state index in [0.29, 0.717) is 11.5 Å². The summed E-state index contributed by atoms with van der Waals surface area (Å²) in [5.74, 6) is 0.502. The molecule has 0 aromatic heterocycles. The molecule has 0 amide bonds. The zero-order valence-electron chi connectivity index (χ0n) is 20.0. The van der Waals surface area contributed by atoms with Crippen LogP contribution in [0.3, 0.4) is 0 Å². The molecule has 4 nitrogen and oxygen atoms in total. The predicted octanol–water partition coefficient (Wildman–Crippen LogP) is 7.95. The van der Waals surface area contributed by atoms with Crippen molar-refractivity contribution in [2.45, 2.75) is 101 Å². The van der Waals surface area contributed by atoms with E-state index in [4.69, 9.17) is 10.2 Å². The molecule has 1 aliphatic carbocycles. The van der Waals surface area contributed by atoms with E-state index in [0.717, 1.165) is 12.3 Å². The summed E-state index contributed by atoms with van der Waals surface area (Å²) in [5.41, 5.74) is 2.56. The van der Waals surface area contributed by atoms with Crippen LogP contribution in [-0.4, -0.2) is 33.7 Å². The molecular formula is C27H42O4S2. The van der Waals surface area contributed by atoms with Crippen molar-refractivity contribution in [3.8, 4) is 0 Å². The molecule has 0 atom stereocenters. The molecule has 0 bridgehead atoms. The van der Waals surface area contributed by atoms with Crippen molar-refractivity contribution >= 4 is 35.5 Å². The van der Waals surface area contributed by atoms with Crippen LogP contribution in [0.5, 0.6) is 0 Å². The number of aryl methyl sites for hydroxylation is 1. The van der Waals surface area contributed by atoms with Gasteiger partial charge in [0.15, 0.2) is 0 Å². The van der Waals surface area contributed by atoms with Gasteiger partial charge in [-0.1, -0.05) is 94.9 Å². The Balaban J connectivity index is 1.73. The van der Waals surface area contributed by atoms with E-state index in [1.807, 2.05) is 6.07 Å². The SMILES string of the molecule is O=C(O)CCSC(SCCC(=O)O)c1ccccc1CCCCCCCCC1CCCCC1. The van der Waals surface area contributed by atoms with Gasteiger partial charge in [0.05, 0.1) is 17.4 Å². The average Bonchev–Trinajstić information content (AvgIpc) is 2.80. The van der Waals surface area contributed by atoms with Crippen LogP contribution < -0.4 is 0 Å². The third-order valence-electron chi connectivity index (χ3n) is 6.51. The standard InChI is InChI=1S/C27H42O4S2/c28-25(29)18-20-32-27(33-21-19-26(30)31)24-17-11-10-16-23(24)15-9-4-2-1-3-6-12-22-13-7-5-8-14-22/h10-11,16-17,22,27H,1-9,12-15,18-21H2,(H,28,29)(H,30,31). The van der Waals surface area contributed by atoms with Crippen LogP contribution in [0.1, 0.15) is 106 Å². The molecule has 0 aliphatic heterocycles. The highest BCUT2D eigenvalue weighted by Crippen LogP contribution is 2.42. The van der Waals surface area contributed by atoms with Crippen LogP contribution in [0.25, 0.3) is 0 Å². The van der Waals surface area contributed by atoms with Crippen molar-refractivity contribution in [3.63, 3.8) is 0 Å². The van der Waals surface area contributed by atoms with Gasteiger partial charge in [0.25, 0.3) is 0 Å². The van der Waals surface area contributed by atoms with E-state index in [1.165, 1.54) is 88.2 Å². The van der Waals surface area contributed by atoms with Gasteiger partial charge in [-0.05, 0) is 29.9 Å². The molecule has 1 saturated carbocycles. The Morgan fingerprint density at radius 3 is 2.03 bits per heavy atom. The second-order valence-corrected chi connectivity index (χ2v) is 11.9. The first-order chi connectivity index (χ1) is 16.1. The highest BCUT2D eigenvalue weighted by atomic mass is 32.2. The summed E-state index contributed by atoms with van der Waals surface area (Å²) in [6.07, 6.45) is 17.8. The fourth-order valence-electron chi connectivity index (χ4n) is 4.66. The molecule has 0 radical (unpaired) electrons. The number of hydrogen-bond donors (Lipinski definition) is 2. The van der Waals surface area contributed by atoms with Crippen LogP contribution in [0.2, 0.25) is 0 Å². The Kier molecular flexibility index (Phi) is 14.7. The summed E-state index contributed by atoms with van der Waals surface area (Å²) < 4.78 is 0.0830. The maximum atomic E-state index is 10.9. The number of carboxylic acid groups (broad SMARTS) is 2. The Labute approximate surface area is 208 Å². The average molecular weight is 495 g/mol. The van der Waals surface area contributed by atoms with Crippen molar-refractivity contribution in [2.75, 3.05) is 11.5 Å². The second-order valence-electron chi connectivity index (χ2n) is 9.22. The smallest absolute Gasteiger partial charge is 0.304 e. The third-order valence-corrected chi connectivity index (χ3v) is 9.32. The van der Waals surface area contributed by atoms with E-state index < -0.39 is 11.9 Å². The molecular weight excluding hydrogens is 452 g/mol. The third kappa shape index (κ3) is 12.8. The summed E-state index contributed by atoms with van der Waals surface area (Å²) in [4.78, 5) is 21.9. The van der Waals surface area contributed by atoms with E-state index in [9.17, 15) is 9.59 Å². The lowest BCUT2D eigenvalue weighted by molar-refractivity contribution is -0.137. The molecule has 1 aliphatic rings. The van der Waals surface area contributed by atoms with Crippen molar-refractivity contribution in [1.29, 1.82) is 0 Å². The Hall–Kier alpha value is -1.14. The van der Waals surface area contributed by atoms with Crippen LogP contribution in [-0.2, 0) is 16.0 Å². The number of aliphatic carboxylic acids is 2. The molecule has 6 heteroatoms. The lowest BCUT2D eigenvalue weighted by Crippen LogP contribution is -2.05. The van der Waals surface area contributed by atoms with Crippen LogP contribution in [0.15, 0.2) is 24.3 Å². The number of benzene rings is 1. The Morgan fingerprint density at radius 1 is 0.818 bits per heavy atom. The van der Waals surface area contributed by atoms with Gasteiger partial charge >= 0.3 is 11.9 Å². The summed E-state index contributed by atoms with van der Waals surface area (Å²) >= 11 is 3.24. The summed E-state index contributed by atoms with van der Waals surface area (Å²) in [7, 11) is 0. The maximum absolute atomic E-state index is 10.9. The van der Waals surface area contributed by atoms with E-state index in [1.54, 1.807) is 23.5 Å². The van der Waals surface area contributed by atoms with Crippen molar-refractivity contribution in [1.82, 2.24) is 0 Å². The highest BCUT2D eigenvalue weighted by Gasteiger charge is 2.17. The maximum Gasteiger partial charge on any atom is 0.304 e. The Bertz CT molecular complexity index is 668. The molecule has 2 rings (SSSR count). The number of carboxylic acids is 2. The molecule has 33 heavy (non-hydrogen) atoms. The Morgan fingerprint density at radius 2 is 1.39 bits per heavy atom. The fraction of sp³-hybridized carbons (Fsp3) is 0.704. The van der Waals surface area contributed by atoms with Gasteiger partial charge in [0, 0.05) is 11.5 Å². The lowest BCUT2D eigenvalue weighted by Gasteiger charge is -2.21. The number of rotatable bonds is 18. The van der Waals surface area contributed by atoms with Gasteiger partial charge in [0.2, 0.25) is 0 Å². The van der Waals surface area contributed by atoms with Crippen LogP contribution in [0.4, 0.5) is 0 Å². The molecule has 0 spiro atoms. The molecule has 0 unspecified atom stereocenters. The van der Waals surface area contributed by atoms with E-state index >= 15 is 0 Å². The molecule has 186 valence electrons. The number of hydrogen-bond acceptors (Lipinski definition) is 4. The van der Waals surface area contributed by atoms with Crippen molar-refractivity contribution in [2.24, 2.45) is 5.92 Å². The topological polar surface area (TPSA) is 74.6 Å². The number of thioether (sulfide) groups is 2. The summed E-state index contributed by atoms with van der Waals surface area (Å²) in [6.45, 7) is 0. The molecule has 1 aromatic carbocycles. The zero-order valence-corrected chi connectivity index (χ0v) is 21.6. The van der Waals surface area contributed by atoms with Crippen molar-refractivity contribution < 1.29 is 19.8 Å². The van der Waals surface area contributed by atoms with Crippen molar-refractivity contribution in [3.05, 3.63) is 35.4 Å². The summed E-state index contributed by atoms with van der Waals surface area (Å²) in [5, 5.41) is 18.0. The largest absolute Gasteiger partial charge is 0.481 e. The normalized spacial score (nSPS) is 14.6. The minimum atomic E-state index is -0.788. The minimum Gasteiger partial charge on any atom is -0.481 e. The fourth-order valence-corrected chi connectivity index (χ4v) is 7.45. The minimum absolute atomic E-state index is 0.0830. The van der Waals surface area contributed by atoms with Gasteiger partial charge in [0.1, 0.15) is 0 Å². The van der Waals surface area contributed by atoms with Gasteiger partial charge in [-0.25, -0.2) is 0 Å². The lowest BCUT2D eigenvalue weighted by atomic mass is 9.85. The van der Waals surface area contributed by atoms with E-state index in [-0.39, 0.29) is 17.4 Å². The first-order valence-electron chi connectivity index (χ1n) is 12.8. The van der Waals surface area contributed by atoms with Gasteiger partial charge in [-0.3, -0.25) is 9.59 Å². The monoisotopic (exact) mass is 494 g/mol. The second kappa shape index (κ2) is 17.3. The molecule has 1 fully saturated rings. The number of carbonyl (C=O) groups is 2. The molecule has 1 aromatic rings. The first kappa shape index (κ1) is 28.1. The quantitative estimate of drug-likeness (QED) is 0.159. The van der Waals surface area contributed by atoms with Gasteiger partial charge in [-0.15, -0.1) is 23.5 Å². The van der Waals surface area contributed by atoms with Gasteiger partial charge < -0.3 is 10.2 Å². The number of unbranched alkanes of at least 4 members (excludes halogenated alkanes) is 5. The molecule has 0 heterocycles. The van der Waals surface area contributed by atoms with Gasteiger partial charge in [-0.2, -0.15) is 0 Å². The zero-order chi connectivity index (χ0) is 23.7.